The Morgan fingerprint density at radius 1 is 1.50 bits per heavy atom. The minimum Gasteiger partial charge on any atom is -0.379 e. The zero-order chi connectivity index (χ0) is 11.0. The minimum atomic E-state index is 0.262. The number of hydrogen-bond donors (Lipinski definition) is 2. The molecule has 3 rings (SSSR count). The lowest BCUT2D eigenvalue weighted by Crippen LogP contribution is -2.12. The molecule has 2 aromatic heterocycles. The van der Waals surface area contributed by atoms with E-state index in [1.807, 2.05) is 4.68 Å². The van der Waals surface area contributed by atoms with Gasteiger partial charge in [0.15, 0.2) is 11.5 Å². The number of ether oxygens (including phenoxy) is 1. The molecule has 0 spiro atoms. The standard InChI is InChI=1S/C9H12N6O/c10-14-8-7-3-13-15(6-1-2-16-4-6)9(7)12-5-11-8/h3,5-6H,1-2,4,10H2,(H,11,12,14). The zero-order valence-corrected chi connectivity index (χ0v) is 8.63. The van der Waals surface area contributed by atoms with Gasteiger partial charge in [0.1, 0.15) is 6.33 Å². The van der Waals surface area contributed by atoms with Gasteiger partial charge >= 0.3 is 0 Å². The molecule has 0 radical (unpaired) electrons. The zero-order valence-electron chi connectivity index (χ0n) is 8.63. The van der Waals surface area contributed by atoms with E-state index in [-0.39, 0.29) is 6.04 Å². The van der Waals surface area contributed by atoms with Gasteiger partial charge in [-0.1, -0.05) is 0 Å². The molecule has 7 nitrogen and oxygen atoms in total. The number of hydrogen-bond acceptors (Lipinski definition) is 6. The van der Waals surface area contributed by atoms with Gasteiger partial charge in [0.2, 0.25) is 0 Å². The highest BCUT2D eigenvalue weighted by Gasteiger charge is 2.21. The summed E-state index contributed by atoms with van der Waals surface area (Å²) in [5.41, 5.74) is 3.33. The molecule has 1 unspecified atom stereocenters. The second kappa shape index (κ2) is 3.69. The molecular formula is C9H12N6O. The minimum absolute atomic E-state index is 0.262. The summed E-state index contributed by atoms with van der Waals surface area (Å²) in [5.74, 6) is 5.97. The smallest absolute Gasteiger partial charge is 0.163 e. The van der Waals surface area contributed by atoms with Crippen molar-refractivity contribution < 1.29 is 4.74 Å². The third-order valence-corrected chi connectivity index (χ3v) is 2.78. The van der Waals surface area contributed by atoms with Crippen LogP contribution in [0.4, 0.5) is 5.82 Å². The van der Waals surface area contributed by atoms with E-state index in [1.54, 1.807) is 6.20 Å². The van der Waals surface area contributed by atoms with E-state index in [0.29, 0.717) is 12.4 Å². The Morgan fingerprint density at radius 3 is 3.19 bits per heavy atom. The Hall–Kier alpha value is -1.73. The molecule has 16 heavy (non-hydrogen) atoms. The first kappa shape index (κ1) is 9.49. The Balaban J connectivity index is 2.12. The van der Waals surface area contributed by atoms with Crippen LogP contribution in [0.3, 0.4) is 0 Å². The number of hydrazine groups is 1. The van der Waals surface area contributed by atoms with E-state index in [4.69, 9.17) is 10.6 Å². The summed E-state index contributed by atoms with van der Waals surface area (Å²) in [6, 6.07) is 0.262. The average Bonchev–Trinajstić information content (AvgIpc) is 2.96. The Labute approximate surface area is 91.6 Å². The van der Waals surface area contributed by atoms with Gasteiger partial charge in [-0.3, -0.25) is 0 Å². The molecule has 0 aromatic carbocycles. The SMILES string of the molecule is NNc1ncnc2c1cnn2C1CCOC1. The maximum Gasteiger partial charge on any atom is 0.163 e. The summed E-state index contributed by atoms with van der Waals surface area (Å²) in [5, 5.41) is 5.16. The number of nitrogens with one attached hydrogen (secondary N) is 1. The largest absolute Gasteiger partial charge is 0.379 e. The van der Waals surface area contributed by atoms with Crippen LogP contribution in [-0.2, 0) is 4.74 Å². The molecule has 0 amide bonds. The van der Waals surface area contributed by atoms with Crippen molar-refractivity contribution in [2.75, 3.05) is 18.6 Å². The highest BCUT2D eigenvalue weighted by molar-refractivity contribution is 5.85. The fourth-order valence-corrected chi connectivity index (χ4v) is 1.96. The Morgan fingerprint density at radius 2 is 2.44 bits per heavy atom. The van der Waals surface area contributed by atoms with Gasteiger partial charge < -0.3 is 10.2 Å². The molecule has 0 aliphatic carbocycles. The molecule has 1 aliphatic rings. The van der Waals surface area contributed by atoms with Crippen LogP contribution in [0.2, 0.25) is 0 Å². The molecular weight excluding hydrogens is 208 g/mol. The Bertz CT molecular complexity index is 504. The number of anilines is 1. The highest BCUT2D eigenvalue weighted by atomic mass is 16.5. The van der Waals surface area contributed by atoms with Gasteiger partial charge in [-0.25, -0.2) is 20.5 Å². The van der Waals surface area contributed by atoms with Crippen LogP contribution >= 0.6 is 0 Å². The van der Waals surface area contributed by atoms with Gasteiger partial charge in [-0.05, 0) is 6.42 Å². The van der Waals surface area contributed by atoms with Crippen LogP contribution in [0.5, 0.6) is 0 Å². The number of nitrogens with two attached hydrogens (primary N) is 1. The van der Waals surface area contributed by atoms with Crippen LogP contribution < -0.4 is 11.3 Å². The molecule has 1 atom stereocenters. The van der Waals surface area contributed by atoms with Gasteiger partial charge in [0, 0.05) is 6.61 Å². The van der Waals surface area contributed by atoms with Crippen molar-refractivity contribution in [1.82, 2.24) is 19.7 Å². The second-order valence-electron chi connectivity index (χ2n) is 3.71. The van der Waals surface area contributed by atoms with Crippen molar-refractivity contribution in [1.29, 1.82) is 0 Å². The molecule has 84 valence electrons. The predicted octanol–water partition coefficient (Wildman–Crippen LogP) is 0.0733. The molecule has 1 aliphatic heterocycles. The summed E-state index contributed by atoms with van der Waals surface area (Å²) in [6.07, 6.45) is 4.17. The number of nitrogen functional groups attached to an aromatic ring is 1. The van der Waals surface area contributed by atoms with Crippen LogP contribution in [0.1, 0.15) is 12.5 Å². The van der Waals surface area contributed by atoms with Crippen molar-refractivity contribution in [2.24, 2.45) is 5.84 Å². The lowest BCUT2D eigenvalue weighted by molar-refractivity contribution is 0.185. The van der Waals surface area contributed by atoms with Gasteiger partial charge in [0.25, 0.3) is 0 Å². The first-order valence-corrected chi connectivity index (χ1v) is 5.12. The van der Waals surface area contributed by atoms with E-state index in [0.717, 1.165) is 24.1 Å². The molecule has 1 saturated heterocycles. The lowest BCUT2D eigenvalue weighted by Gasteiger charge is -2.08. The quantitative estimate of drug-likeness (QED) is 0.550. The summed E-state index contributed by atoms with van der Waals surface area (Å²) in [4.78, 5) is 8.27. The maximum absolute atomic E-state index is 5.38. The van der Waals surface area contributed by atoms with E-state index in [2.05, 4.69) is 20.5 Å². The van der Waals surface area contributed by atoms with Crippen molar-refractivity contribution in [3.05, 3.63) is 12.5 Å². The third kappa shape index (κ3) is 1.33. The average molecular weight is 220 g/mol. The number of aromatic nitrogens is 4. The Kier molecular flexibility index (Phi) is 2.19. The molecule has 3 N–H and O–H groups in total. The summed E-state index contributed by atoms with van der Waals surface area (Å²) < 4.78 is 7.22. The van der Waals surface area contributed by atoms with Crippen molar-refractivity contribution in [3.63, 3.8) is 0 Å². The number of rotatable bonds is 2. The van der Waals surface area contributed by atoms with Gasteiger partial charge in [-0.15, -0.1) is 0 Å². The van der Waals surface area contributed by atoms with Crippen LogP contribution in [0.25, 0.3) is 11.0 Å². The van der Waals surface area contributed by atoms with E-state index in [1.165, 1.54) is 6.33 Å². The first-order chi connectivity index (χ1) is 7.90. The predicted molar refractivity (Wildman–Crippen MR) is 57.6 cm³/mol. The van der Waals surface area contributed by atoms with Gasteiger partial charge in [-0.2, -0.15) is 5.10 Å². The van der Waals surface area contributed by atoms with E-state index in [9.17, 15) is 0 Å². The molecule has 1 fully saturated rings. The topological polar surface area (TPSA) is 90.9 Å². The van der Waals surface area contributed by atoms with E-state index >= 15 is 0 Å². The van der Waals surface area contributed by atoms with Crippen molar-refractivity contribution in [2.45, 2.75) is 12.5 Å². The summed E-state index contributed by atoms with van der Waals surface area (Å²) in [7, 11) is 0. The fraction of sp³-hybridized carbons (Fsp3) is 0.444. The molecule has 0 bridgehead atoms. The molecule has 7 heteroatoms. The fourth-order valence-electron chi connectivity index (χ4n) is 1.96. The number of fused-ring (bicyclic) bond motifs is 1. The molecule has 2 aromatic rings. The second-order valence-corrected chi connectivity index (χ2v) is 3.71. The number of nitrogens with zero attached hydrogens (tertiary/aromatic N) is 4. The van der Waals surface area contributed by atoms with Crippen LogP contribution in [-0.4, -0.2) is 33.0 Å². The van der Waals surface area contributed by atoms with Crippen LogP contribution in [0, 0.1) is 0 Å². The maximum atomic E-state index is 5.38. The highest BCUT2D eigenvalue weighted by Crippen LogP contribution is 2.24. The van der Waals surface area contributed by atoms with Crippen LogP contribution in [0.15, 0.2) is 12.5 Å². The normalized spacial score (nSPS) is 20.4. The lowest BCUT2D eigenvalue weighted by atomic mass is 10.3. The third-order valence-electron chi connectivity index (χ3n) is 2.78. The van der Waals surface area contributed by atoms with Gasteiger partial charge in [0.05, 0.1) is 24.2 Å². The molecule has 3 heterocycles. The summed E-state index contributed by atoms with van der Waals surface area (Å²) in [6.45, 7) is 1.46. The molecule has 0 saturated carbocycles. The first-order valence-electron chi connectivity index (χ1n) is 5.12. The summed E-state index contributed by atoms with van der Waals surface area (Å²) >= 11 is 0. The monoisotopic (exact) mass is 220 g/mol. The van der Waals surface area contributed by atoms with E-state index < -0.39 is 0 Å². The van der Waals surface area contributed by atoms with Crippen molar-refractivity contribution in [3.8, 4) is 0 Å². The van der Waals surface area contributed by atoms with Crippen molar-refractivity contribution >= 4 is 16.9 Å².